The molecule has 0 saturated carbocycles. The summed E-state index contributed by atoms with van der Waals surface area (Å²) in [5, 5.41) is 3.26. The van der Waals surface area contributed by atoms with Crippen LogP contribution in [0.2, 0.25) is 0 Å². The van der Waals surface area contributed by atoms with Gasteiger partial charge in [-0.2, -0.15) is 13.2 Å². The lowest BCUT2D eigenvalue weighted by Gasteiger charge is -2.32. The molecule has 3 rings (SSSR count). The highest BCUT2D eigenvalue weighted by atomic mass is 32.1. The summed E-state index contributed by atoms with van der Waals surface area (Å²) in [4.78, 5) is 0.267. The van der Waals surface area contributed by atoms with Crippen molar-refractivity contribution in [2.45, 2.75) is 30.8 Å². The molecule has 0 aromatic heterocycles. The van der Waals surface area contributed by atoms with Crippen molar-refractivity contribution in [1.29, 1.82) is 0 Å². The number of rotatable bonds is 2. The van der Waals surface area contributed by atoms with E-state index in [1.807, 2.05) is 44.2 Å². The predicted octanol–water partition coefficient (Wildman–Crippen LogP) is 5.30. The van der Waals surface area contributed by atoms with Gasteiger partial charge in [0, 0.05) is 22.0 Å². The van der Waals surface area contributed by atoms with Crippen LogP contribution in [0.15, 0.2) is 70.5 Å². The number of nitrogens with two attached hydrogens (primary N) is 1. The monoisotopic (exact) mass is 376 g/mol. The van der Waals surface area contributed by atoms with Gasteiger partial charge in [-0.3, -0.25) is 0 Å². The molecule has 6 heteroatoms. The van der Waals surface area contributed by atoms with Crippen LogP contribution in [-0.4, -0.2) is 0 Å². The maximum atomic E-state index is 13.0. The van der Waals surface area contributed by atoms with Crippen LogP contribution in [0.25, 0.3) is 5.57 Å². The molecule has 1 unspecified atom stereocenters. The Morgan fingerprint density at radius 3 is 2.23 bits per heavy atom. The standard InChI is InChI=1S/C20H19F3N2S/c1-11-17(13-6-4-3-5-7-13)18(19(24)12(2)25-11)15-9-8-14(10-16(15)26)20(21,22)23/h3-10,18,25-26H,24H2,1-2H3. The summed E-state index contributed by atoms with van der Waals surface area (Å²) < 4.78 is 39.0. The fraction of sp³-hybridized carbons (Fsp3) is 0.200. The first-order valence-electron chi connectivity index (χ1n) is 8.09. The van der Waals surface area contributed by atoms with E-state index in [1.54, 1.807) is 0 Å². The van der Waals surface area contributed by atoms with Crippen molar-refractivity contribution in [1.82, 2.24) is 5.32 Å². The molecule has 2 nitrogen and oxygen atoms in total. The van der Waals surface area contributed by atoms with E-state index in [4.69, 9.17) is 5.73 Å². The second-order valence-electron chi connectivity index (χ2n) is 6.31. The summed E-state index contributed by atoms with van der Waals surface area (Å²) in [7, 11) is 0. The van der Waals surface area contributed by atoms with Gasteiger partial charge in [0.1, 0.15) is 0 Å². The average molecular weight is 376 g/mol. The van der Waals surface area contributed by atoms with E-state index in [0.717, 1.165) is 34.7 Å². The van der Waals surface area contributed by atoms with Crippen molar-refractivity contribution >= 4 is 18.2 Å². The molecule has 1 atom stereocenters. The number of hydrogen-bond acceptors (Lipinski definition) is 3. The number of hydrogen-bond donors (Lipinski definition) is 3. The van der Waals surface area contributed by atoms with Crippen LogP contribution in [0, 0.1) is 0 Å². The molecule has 1 aliphatic rings. The molecule has 0 radical (unpaired) electrons. The van der Waals surface area contributed by atoms with Gasteiger partial charge in [-0.25, -0.2) is 0 Å². The number of dihydropyridines is 1. The Hall–Kier alpha value is -2.34. The maximum absolute atomic E-state index is 13.0. The molecule has 136 valence electrons. The molecule has 0 bridgehead atoms. The largest absolute Gasteiger partial charge is 0.416 e. The number of alkyl halides is 3. The van der Waals surface area contributed by atoms with Crippen LogP contribution in [0.3, 0.4) is 0 Å². The summed E-state index contributed by atoms with van der Waals surface area (Å²) in [5.74, 6) is -0.367. The lowest BCUT2D eigenvalue weighted by Crippen LogP contribution is -2.27. The molecule has 0 amide bonds. The van der Waals surface area contributed by atoms with Crippen LogP contribution in [0.4, 0.5) is 13.2 Å². The first-order valence-corrected chi connectivity index (χ1v) is 8.54. The molecule has 0 fully saturated rings. The van der Waals surface area contributed by atoms with E-state index in [-0.39, 0.29) is 10.8 Å². The maximum Gasteiger partial charge on any atom is 0.416 e. The van der Waals surface area contributed by atoms with Crippen molar-refractivity contribution in [3.8, 4) is 0 Å². The molecule has 3 N–H and O–H groups in total. The van der Waals surface area contributed by atoms with Crippen LogP contribution in [-0.2, 0) is 6.18 Å². The number of nitrogens with one attached hydrogen (secondary N) is 1. The SMILES string of the molecule is CC1=C(N)C(c2ccc(C(F)(F)F)cc2S)C(c2ccccc2)=C(C)N1. The average Bonchev–Trinajstić information content (AvgIpc) is 2.58. The fourth-order valence-electron chi connectivity index (χ4n) is 3.30. The second kappa shape index (κ2) is 6.76. The van der Waals surface area contributed by atoms with Gasteiger partial charge in [0.05, 0.1) is 11.5 Å². The second-order valence-corrected chi connectivity index (χ2v) is 6.80. The summed E-state index contributed by atoms with van der Waals surface area (Å²) in [6, 6.07) is 13.3. The molecule has 2 aromatic carbocycles. The van der Waals surface area contributed by atoms with Gasteiger partial charge in [-0.15, -0.1) is 12.6 Å². The normalized spacial score (nSPS) is 18.2. The third-order valence-corrected chi connectivity index (χ3v) is 4.95. The highest BCUT2D eigenvalue weighted by molar-refractivity contribution is 7.80. The molecule has 0 saturated heterocycles. The van der Waals surface area contributed by atoms with Crippen molar-refractivity contribution in [3.05, 3.63) is 82.3 Å². The Bertz CT molecular complexity index is 899. The van der Waals surface area contributed by atoms with Crippen LogP contribution in [0.5, 0.6) is 0 Å². The Morgan fingerprint density at radius 2 is 1.65 bits per heavy atom. The first kappa shape index (κ1) is 18.5. The van der Waals surface area contributed by atoms with Gasteiger partial charge in [0.15, 0.2) is 0 Å². The zero-order chi connectivity index (χ0) is 19.1. The molecule has 0 spiro atoms. The van der Waals surface area contributed by atoms with Crippen LogP contribution in [0.1, 0.15) is 36.5 Å². The highest BCUT2D eigenvalue weighted by Crippen LogP contribution is 2.44. The van der Waals surface area contributed by atoms with Gasteiger partial charge < -0.3 is 11.1 Å². The number of allylic oxidation sites excluding steroid dienone is 3. The Labute approximate surface area is 156 Å². The first-order chi connectivity index (χ1) is 12.2. The van der Waals surface area contributed by atoms with Crippen molar-refractivity contribution in [2.24, 2.45) is 5.73 Å². The molecule has 1 aliphatic heterocycles. The van der Waals surface area contributed by atoms with E-state index in [1.165, 1.54) is 6.07 Å². The van der Waals surface area contributed by atoms with Crippen LogP contribution < -0.4 is 11.1 Å². The predicted molar refractivity (Wildman–Crippen MR) is 100 cm³/mol. The number of benzene rings is 2. The molecule has 26 heavy (non-hydrogen) atoms. The number of halogens is 3. The summed E-state index contributed by atoms with van der Waals surface area (Å²) in [6.45, 7) is 3.80. The van der Waals surface area contributed by atoms with E-state index in [9.17, 15) is 13.2 Å². The van der Waals surface area contributed by atoms with Crippen molar-refractivity contribution < 1.29 is 13.2 Å². The minimum atomic E-state index is -4.41. The topological polar surface area (TPSA) is 38.0 Å². The van der Waals surface area contributed by atoms with Gasteiger partial charge in [0.2, 0.25) is 0 Å². The van der Waals surface area contributed by atoms with Gasteiger partial charge in [-0.05, 0) is 42.7 Å². The number of thiol groups is 1. The lowest BCUT2D eigenvalue weighted by molar-refractivity contribution is -0.137. The van der Waals surface area contributed by atoms with E-state index in [0.29, 0.717) is 11.3 Å². The quantitative estimate of drug-likeness (QED) is 0.622. The molecule has 0 aliphatic carbocycles. The summed E-state index contributed by atoms with van der Waals surface area (Å²) in [5.41, 5.74) is 10.5. The van der Waals surface area contributed by atoms with Gasteiger partial charge in [0.25, 0.3) is 0 Å². The zero-order valence-electron chi connectivity index (χ0n) is 14.4. The molecular weight excluding hydrogens is 357 g/mol. The Kier molecular flexibility index (Phi) is 4.80. The zero-order valence-corrected chi connectivity index (χ0v) is 15.2. The molecular formula is C20H19F3N2S. The third-order valence-electron chi connectivity index (χ3n) is 4.57. The van der Waals surface area contributed by atoms with Gasteiger partial charge >= 0.3 is 6.18 Å². The van der Waals surface area contributed by atoms with Crippen molar-refractivity contribution in [2.75, 3.05) is 0 Å². The van der Waals surface area contributed by atoms with Crippen molar-refractivity contribution in [3.63, 3.8) is 0 Å². The van der Waals surface area contributed by atoms with E-state index >= 15 is 0 Å². The van der Waals surface area contributed by atoms with E-state index < -0.39 is 11.7 Å². The highest BCUT2D eigenvalue weighted by Gasteiger charge is 2.33. The van der Waals surface area contributed by atoms with E-state index in [2.05, 4.69) is 17.9 Å². The lowest BCUT2D eigenvalue weighted by atomic mass is 9.80. The summed E-state index contributed by atoms with van der Waals surface area (Å²) >= 11 is 4.34. The fourth-order valence-corrected chi connectivity index (χ4v) is 3.64. The van der Waals surface area contributed by atoms with Gasteiger partial charge in [-0.1, -0.05) is 36.4 Å². The van der Waals surface area contributed by atoms with Crippen LogP contribution >= 0.6 is 12.6 Å². The third kappa shape index (κ3) is 3.33. The molecule has 2 aromatic rings. The smallest absolute Gasteiger partial charge is 0.400 e. The Morgan fingerprint density at radius 1 is 1.00 bits per heavy atom. The minimum Gasteiger partial charge on any atom is -0.400 e. The Balaban J connectivity index is 2.18. The molecule has 1 heterocycles. The minimum absolute atomic E-state index is 0.267. The summed E-state index contributed by atoms with van der Waals surface area (Å²) in [6.07, 6.45) is -4.41.